The molecule has 0 aliphatic carbocycles. The fourth-order valence-corrected chi connectivity index (χ4v) is 3.91. The summed E-state index contributed by atoms with van der Waals surface area (Å²) in [6, 6.07) is 12.1. The Morgan fingerprint density at radius 1 is 0.973 bits per heavy atom. The number of ether oxygens (including phenoxy) is 3. The van der Waals surface area contributed by atoms with Crippen LogP contribution in [0.5, 0.6) is 11.5 Å². The Balaban J connectivity index is 1.86. The highest BCUT2D eigenvalue weighted by Gasteiger charge is 2.18. The number of carbonyl (C=O) groups excluding carboxylic acids is 1. The number of aliphatic carboxylic acids is 1. The van der Waals surface area contributed by atoms with Crippen LogP contribution in [0.2, 0.25) is 10.0 Å². The van der Waals surface area contributed by atoms with Gasteiger partial charge >= 0.3 is 12.0 Å². The van der Waals surface area contributed by atoms with Crippen molar-refractivity contribution in [2.24, 2.45) is 5.92 Å². The normalized spacial score (nSPS) is 11.7. The van der Waals surface area contributed by atoms with Crippen LogP contribution in [0.4, 0.5) is 4.79 Å². The van der Waals surface area contributed by atoms with Gasteiger partial charge in [0.25, 0.3) is 0 Å². The van der Waals surface area contributed by atoms with Gasteiger partial charge in [-0.2, -0.15) is 0 Å². The number of rotatable bonds is 16. The zero-order valence-corrected chi connectivity index (χ0v) is 23.1. The van der Waals surface area contributed by atoms with Crippen molar-refractivity contribution in [2.45, 2.75) is 39.7 Å². The largest absolute Gasteiger partial charge is 0.493 e. The topological polar surface area (TPSA) is 97.3 Å². The first-order chi connectivity index (χ1) is 17.7. The minimum absolute atomic E-state index is 0.158. The van der Waals surface area contributed by atoms with Crippen LogP contribution in [-0.4, -0.2) is 67.6 Å². The fraction of sp³-hybridized carbons (Fsp3) is 0.481. The Morgan fingerprint density at radius 3 is 2.22 bits per heavy atom. The molecule has 2 amide bonds. The van der Waals surface area contributed by atoms with Crippen molar-refractivity contribution in [3.05, 3.63) is 58.1 Å². The number of hydrogen-bond donors (Lipinski definition) is 2. The molecule has 2 N–H and O–H groups in total. The Bertz CT molecular complexity index is 967. The molecule has 37 heavy (non-hydrogen) atoms. The van der Waals surface area contributed by atoms with E-state index in [0.717, 1.165) is 5.56 Å². The highest BCUT2D eigenvalue weighted by atomic mass is 35.5. The number of carbonyl (C=O) groups is 2. The van der Waals surface area contributed by atoms with E-state index >= 15 is 0 Å². The van der Waals surface area contributed by atoms with E-state index in [4.69, 9.17) is 37.4 Å². The molecule has 0 heterocycles. The predicted molar refractivity (Wildman–Crippen MR) is 145 cm³/mol. The molecule has 0 spiro atoms. The summed E-state index contributed by atoms with van der Waals surface area (Å²) in [5.41, 5.74) is 0.837. The van der Waals surface area contributed by atoms with Gasteiger partial charge in [-0.1, -0.05) is 49.2 Å². The molecule has 0 radical (unpaired) electrons. The highest BCUT2D eigenvalue weighted by molar-refractivity contribution is 6.34. The zero-order valence-electron chi connectivity index (χ0n) is 21.5. The molecule has 2 rings (SSSR count). The quantitative estimate of drug-likeness (QED) is 0.264. The second-order valence-electron chi connectivity index (χ2n) is 8.85. The molecule has 0 aliphatic heterocycles. The lowest BCUT2D eigenvalue weighted by atomic mass is 10.1. The number of carboxylic acid groups (broad SMARTS) is 1. The van der Waals surface area contributed by atoms with Gasteiger partial charge < -0.3 is 29.5 Å². The van der Waals surface area contributed by atoms with Gasteiger partial charge in [-0.15, -0.1) is 0 Å². The van der Waals surface area contributed by atoms with Crippen LogP contribution in [0, 0.1) is 5.92 Å². The lowest BCUT2D eigenvalue weighted by Gasteiger charge is -2.24. The maximum Gasteiger partial charge on any atom is 0.333 e. The van der Waals surface area contributed by atoms with Gasteiger partial charge in [-0.05, 0) is 55.2 Å². The van der Waals surface area contributed by atoms with E-state index in [2.05, 4.69) is 5.32 Å². The fourth-order valence-electron chi connectivity index (χ4n) is 3.40. The standard InChI is InChI=1S/C27H36Cl2N2O6/c1-4-35-25(26(32)33)14-20-6-8-23(9-7-20)37-13-11-31(27(34)30-18-19(2)3)10-5-12-36-24-16-21(28)15-22(29)17-24/h6-9,15-17,19,25H,4-5,10-14,18H2,1-3H3,(H,30,34)(H,32,33). The van der Waals surface area contributed by atoms with Crippen LogP contribution in [0.15, 0.2) is 42.5 Å². The first-order valence-electron chi connectivity index (χ1n) is 12.4. The van der Waals surface area contributed by atoms with Gasteiger partial charge in [0.15, 0.2) is 6.10 Å². The summed E-state index contributed by atoms with van der Waals surface area (Å²) in [6.45, 7) is 8.32. The SMILES string of the molecule is CCOC(Cc1ccc(OCCN(CCCOc2cc(Cl)cc(Cl)c2)C(=O)NCC(C)C)cc1)C(=O)O. The van der Waals surface area contributed by atoms with Crippen LogP contribution in [0.3, 0.4) is 0 Å². The van der Waals surface area contributed by atoms with Crippen molar-refractivity contribution < 1.29 is 28.9 Å². The Morgan fingerprint density at radius 2 is 1.62 bits per heavy atom. The molecule has 0 saturated heterocycles. The Hall–Kier alpha value is -2.68. The Kier molecular flexibility index (Phi) is 13.4. The summed E-state index contributed by atoms with van der Waals surface area (Å²) in [4.78, 5) is 25.7. The minimum atomic E-state index is -0.986. The third kappa shape index (κ3) is 11.9. The lowest BCUT2D eigenvalue weighted by molar-refractivity contribution is -0.149. The number of halogens is 2. The summed E-state index contributed by atoms with van der Waals surface area (Å²) < 4.78 is 16.8. The molecule has 1 unspecified atom stereocenters. The molecular weight excluding hydrogens is 519 g/mol. The third-order valence-electron chi connectivity index (χ3n) is 5.24. The number of hydrogen-bond acceptors (Lipinski definition) is 5. The van der Waals surface area contributed by atoms with Gasteiger partial charge in [-0.25, -0.2) is 9.59 Å². The molecule has 0 aliphatic rings. The van der Waals surface area contributed by atoms with Gasteiger partial charge in [0.05, 0.1) is 13.2 Å². The zero-order chi connectivity index (χ0) is 27.2. The molecule has 0 aromatic heterocycles. The Labute approximate surface area is 228 Å². The number of nitrogens with zero attached hydrogens (tertiary/aromatic N) is 1. The van der Waals surface area contributed by atoms with Crippen molar-refractivity contribution in [3.63, 3.8) is 0 Å². The molecule has 204 valence electrons. The summed E-state index contributed by atoms with van der Waals surface area (Å²) in [5.74, 6) is 0.562. The van der Waals surface area contributed by atoms with Crippen molar-refractivity contribution in [2.75, 3.05) is 39.5 Å². The highest BCUT2D eigenvalue weighted by Crippen LogP contribution is 2.24. The first-order valence-corrected chi connectivity index (χ1v) is 13.1. The van der Waals surface area contributed by atoms with Crippen molar-refractivity contribution in [1.29, 1.82) is 0 Å². The van der Waals surface area contributed by atoms with Crippen molar-refractivity contribution in [1.82, 2.24) is 10.2 Å². The second kappa shape index (κ2) is 16.2. The summed E-state index contributed by atoms with van der Waals surface area (Å²) in [5, 5.41) is 13.2. The van der Waals surface area contributed by atoms with Gasteiger partial charge in [-0.3, -0.25) is 0 Å². The van der Waals surface area contributed by atoms with E-state index in [1.807, 2.05) is 26.0 Å². The first kappa shape index (κ1) is 30.5. The lowest BCUT2D eigenvalue weighted by Crippen LogP contribution is -2.44. The number of benzene rings is 2. The minimum Gasteiger partial charge on any atom is -0.493 e. The molecule has 1 atom stereocenters. The maximum atomic E-state index is 12.7. The molecule has 8 nitrogen and oxygen atoms in total. The van der Waals surface area contributed by atoms with E-state index in [1.165, 1.54) is 0 Å². The summed E-state index contributed by atoms with van der Waals surface area (Å²) >= 11 is 12.0. The maximum absolute atomic E-state index is 12.7. The number of amides is 2. The molecule has 0 fully saturated rings. The van der Waals surface area contributed by atoms with Gasteiger partial charge in [0.1, 0.15) is 18.1 Å². The number of carboxylic acids is 1. The summed E-state index contributed by atoms with van der Waals surface area (Å²) in [6.07, 6.45) is 0.00407. The second-order valence-corrected chi connectivity index (χ2v) is 9.73. The molecule has 0 saturated carbocycles. The third-order valence-corrected chi connectivity index (χ3v) is 5.68. The van der Waals surface area contributed by atoms with Crippen LogP contribution in [-0.2, 0) is 16.0 Å². The average molecular weight is 555 g/mol. The summed E-state index contributed by atoms with van der Waals surface area (Å²) in [7, 11) is 0. The average Bonchev–Trinajstić information content (AvgIpc) is 2.84. The van der Waals surface area contributed by atoms with Crippen LogP contribution in [0.25, 0.3) is 0 Å². The molecule has 10 heteroatoms. The van der Waals surface area contributed by atoms with Crippen molar-refractivity contribution >= 4 is 35.2 Å². The van der Waals surface area contributed by atoms with E-state index in [1.54, 1.807) is 42.2 Å². The van der Waals surface area contributed by atoms with Crippen LogP contribution in [0.1, 0.15) is 32.8 Å². The molecule has 2 aromatic carbocycles. The van der Waals surface area contributed by atoms with Crippen molar-refractivity contribution in [3.8, 4) is 11.5 Å². The monoisotopic (exact) mass is 554 g/mol. The van der Waals surface area contributed by atoms with Crippen LogP contribution >= 0.6 is 23.2 Å². The number of nitrogens with one attached hydrogen (secondary N) is 1. The van der Waals surface area contributed by atoms with E-state index in [0.29, 0.717) is 73.3 Å². The van der Waals surface area contributed by atoms with Crippen LogP contribution < -0.4 is 14.8 Å². The number of urea groups is 1. The predicted octanol–water partition coefficient (Wildman–Crippen LogP) is 5.54. The molecule has 2 aromatic rings. The van der Waals surface area contributed by atoms with Gasteiger partial charge in [0.2, 0.25) is 0 Å². The van der Waals surface area contributed by atoms with E-state index in [-0.39, 0.29) is 12.5 Å². The smallest absolute Gasteiger partial charge is 0.333 e. The van der Waals surface area contributed by atoms with E-state index < -0.39 is 12.1 Å². The van der Waals surface area contributed by atoms with Gasteiger partial charge in [0, 0.05) is 36.2 Å². The van der Waals surface area contributed by atoms with E-state index in [9.17, 15) is 14.7 Å². The molecule has 0 bridgehead atoms. The molecular formula is C27H36Cl2N2O6.